The van der Waals surface area contributed by atoms with E-state index in [9.17, 15) is 4.79 Å². The van der Waals surface area contributed by atoms with E-state index in [1.54, 1.807) is 11.8 Å². The quantitative estimate of drug-likeness (QED) is 0.612. The molecule has 3 rings (SSSR count). The Morgan fingerprint density at radius 1 is 1.16 bits per heavy atom. The summed E-state index contributed by atoms with van der Waals surface area (Å²) in [5.41, 5.74) is 1.77. The minimum Gasteiger partial charge on any atom is -0.494 e. The molecule has 25 heavy (non-hydrogen) atoms. The zero-order valence-electron chi connectivity index (χ0n) is 14.0. The summed E-state index contributed by atoms with van der Waals surface area (Å²) in [5, 5.41) is 3.39. The van der Waals surface area contributed by atoms with Crippen molar-refractivity contribution in [1.82, 2.24) is 5.32 Å². The van der Waals surface area contributed by atoms with Gasteiger partial charge in [0.15, 0.2) is 5.17 Å². The first-order valence-electron chi connectivity index (χ1n) is 7.84. The fourth-order valence-electron chi connectivity index (χ4n) is 2.23. The average Bonchev–Trinajstić information content (AvgIpc) is 2.97. The Hall–Kier alpha value is -2.18. The molecule has 128 valence electrons. The number of benzene rings is 2. The van der Waals surface area contributed by atoms with Crippen LogP contribution in [0.2, 0.25) is 0 Å². The molecule has 0 spiro atoms. The molecule has 0 radical (unpaired) electrons. The van der Waals surface area contributed by atoms with Gasteiger partial charge in [-0.05, 0) is 73.0 Å². The van der Waals surface area contributed by atoms with Crippen molar-refractivity contribution in [2.45, 2.75) is 11.8 Å². The highest BCUT2D eigenvalue weighted by Crippen LogP contribution is 2.29. The predicted octanol–water partition coefficient (Wildman–Crippen LogP) is 4.70. The summed E-state index contributed by atoms with van der Waals surface area (Å²) in [4.78, 5) is 18.5. The molecule has 6 heteroatoms. The number of aliphatic imine (C=N–C) groups is 1. The van der Waals surface area contributed by atoms with Gasteiger partial charge in [-0.25, -0.2) is 4.99 Å². The number of rotatable bonds is 5. The van der Waals surface area contributed by atoms with Gasteiger partial charge in [-0.2, -0.15) is 0 Å². The Morgan fingerprint density at radius 3 is 2.52 bits per heavy atom. The van der Waals surface area contributed by atoms with E-state index in [2.05, 4.69) is 10.3 Å². The van der Waals surface area contributed by atoms with E-state index < -0.39 is 0 Å². The van der Waals surface area contributed by atoms with Crippen molar-refractivity contribution >= 4 is 46.4 Å². The highest BCUT2D eigenvalue weighted by molar-refractivity contribution is 8.18. The van der Waals surface area contributed by atoms with E-state index in [-0.39, 0.29) is 5.91 Å². The normalized spacial score (nSPS) is 17.1. The van der Waals surface area contributed by atoms with Crippen LogP contribution in [0.25, 0.3) is 6.08 Å². The van der Waals surface area contributed by atoms with E-state index in [1.807, 2.05) is 67.8 Å². The van der Waals surface area contributed by atoms with E-state index in [1.165, 1.54) is 16.7 Å². The molecular weight excluding hydrogens is 352 g/mol. The van der Waals surface area contributed by atoms with Crippen molar-refractivity contribution in [3.05, 3.63) is 59.0 Å². The van der Waals surface area contributed by atoms with E-state index in [4.69, 9.17) is 4.74 Å². The lowest BCUT2D eigenvalue weighted by atomic mass is 10.2. The lowest BCUT2D eigenvalue weighted by Crippen LogP contribution is -2.19. The molecule has 0 unspecified atom stereocenters. The van der Waals surface area contributed by atoms with Crippen LogP contribution in [0.5, 0.6) is 5.75 Å². The topological polar surface area (TPSA) is 50.7 Å². The minimum absolute atomic E-state index is 0.122. The molecule has 0 atom stereocenters. The lowest BCUT2D eigenvalue weighted by Gasteiger charge is -2.02. The Bertz CT molecular complexity index is 812. The van der Waals surface area contributed by atoms with Gasteiger partial charge in [-0.1, -0.05) is 12.1 Å². The van der Waals surface area contributed by atoms with E-state index in [0.717, 1.165) is 17.0 Å². The Morgan fingerprint density at radius 2 is 1.88 bits per heavy atom. The van der Waals surface area contributed by atoms with Gasteiger partial charge < -0.3 is 10.1 Å². The van der Waals surface area contributed by atoms with Gasteiger partial charge >= 0.3 is 0 Å². The number of nitrogens with one attached hydrogen (secondary N) is 1. The van der Waals surface area contributed by atoms with Crippen molar-refractivity contribution in [2.24, 2.45) is 4.99 Å². The highest BCUT2D eigenvalue weighted by atomic mass is 32.2. The molecule has 1 aliphatic rings. The fourth-order valence-corrected chi connectivity index (χ4v) is 3.48. The molecular formula is C19H18N2O2S2. The predicted molar refractivity (Wildman–Crippen MR) is 107 cm³/mol. The van der Waals surface area contributed by atoms with Crippen molar-refractivity contribution in [1.29, 1.82) is 0 Å². The smallest absolute Gasteiger partial charge is 0.264 e. The number of carbonyl (C=O) groups is 1. The Balaban J connectivity index is 1.73. The zero-order valence-corrected chi connectivity index (χ0v) is 15.6. The minimum atomic E-state index is -0.122. The first-order chi connectivity index (χ1) is 12.2. The summed E-state index contributed by atoms with van der Waals surface area (Å²) in [5.74, 6) is 0.687. The number of carbonyl (C=O) groups excluding carboxylic acids is 1. The number of hydrogen-bond donors (Lipinski definition) is 1. The molecule has 0 saturated carbocycles. The van der Waals surface area contributed by atoms with Crippen molar-refractivity contribution in [3.8, 4) is 5.75 Å². The number of hydrogen-bond acceptors (Lipinski definition) is 5. The molecule has 2 aromatic carbocycles. The Labute approximate surface area is 155 Å². The van der Waals surface area contributed by atoms with Crippen LogP contribution in [0.3, 0.4) is 0 Å². The third kappa shape index (κ3) is 4.67. The number of thioether (sulfide) groups is 2. The molecule has 4 nitrogen and oxygen atoms in total. The van der Waals surface area contributed by atoms with Gasteiger partial charge in [0.1, 0.15) is 5.75 Å². The maximum Gasteiger partial charge on any atom is 0.264 e. The molecule has 0 aromatic heterocycles. The van der Waals surface area contributed by atoms with Gasteiger partial charge in [-0.15, -0.1) is 11.8 Å². The number of ether oxygens (including phenoxy) is 1. The standard InChI is InChI=1S/C19H18N2O2S2/c1-3-23-15-8-6-14(7-9-15)20-19-21-18(22)17(25-19)12-13-4-10-16(24-2)11-5-13/h4-12H,3H2,1-2H3,(H,20,21,22)/b17-12+. The molecule has 1 aliphatic heterocycles. The van der Waals surface area contributed by atoms with Crippen LogP contribution in [-0.2, 0) is 4.79 Å². The lowest BCUT2D eigenvalue weighted by molar-refractivity contribution is -0.115. The Kier molecular flexibility index (Phi) is 5.83. The van der Waals surface area contributed by atoms with Crippen LogP contribution in [0.4, 0.5) is 5.69 Å². The third-order valence-electron chi connectivity index (χ3n) is 3.44. The number of nitrogens with zero attached hydrogens (tertiary/aromatic N) is 1. The second kappa shape index (κ2) is 8.27. The molecule has 1 amide bonds. The van der Waals surface area contributed by atoms with Gasteiger partial charge in [0, 0.05) is 4.90 Å². The van der Waals surface area contributed by atoms with Crippen LogP contribution < -0.4 is 10.1 Å². The second-order valence-corrected chi connectivity index (χ2v) is 7.09. The van der Waals surface area contributed by atoms with Gasteiger partial charge in [0.2, 0.25) is 0 Å². The third-order valence-corrected chi connectivity index (χ3v) is 5.10. The first kappa shape index (κ1) is 17.6. The van der Waals surface area contributed by atoms with Crippen LogP contribution in [0.15, 0.2) is 63.3 Å². The summed E-state index contributed by atoms with van der Waals surface area (Å²) < 4.78 is 5.41. The molecule has 1 N–H and O–H groups in total. The van der Waals surface area contributed by atoms with Gasteiger partial charge in [-0.3, -0.25) is 4.79 Å². The summed E-state index contributed by atoms with van der Waals surface area (Å²) in [6, 6.07) is 15.6. The molecule has 1 saturated heterocycles. The largest absolute Gasteiger partial charge is 0.494 e. The number of amides is 1. The fraction of sp³-hybridized carbons (Fsp3) is 0.158. The van der Waals surface area contributed by atoms with E-state index >= 15 is 0 Å². The van der Waals surface area contributed by atoms with Gasteiger partial charge in [0.25, 0.3) is 5.91 Å². The monoisotopic (exact) mass is 370 g/mol. The van der Waals surface area contributed by atoms with Crippen molar-refractivity contribution in [2.75, 3.05) is 12.9 Å². The van der Waals surface area contributed by atoms with E-state index in [0.29, 0.717) is 16.7 Å². The van der Waals surface area contributed by atoms with Crippen molar-refractivity contribution in [3.63, 3.8) is 0 Å². The second-order valence-electron chi connectivity index (χ2n) is 5.18. The highest BCUT2D eigenvalue weighted by Gasteiger charge is 2.23. The van der Waals surface area contributed by atoms with Crippen LogP contribution in [0.1, 0.15) is 12.5 Å². The van der Waals surface area contributed by atoms with Crippen LogP contribution in [-0.4, -0.2) is 23.9 Å². The first-order valence-corrected chi connectivity index (χ1v) is 9.88. The van der Waals surface area contributed by atoms with Gasteiger partial charge in [0.05, 0.1) is 17.2 Å². The summed E-state index contributed by atoms with van der Waals surface area (Å²) >= 11 is 3.04. The molecule has 2 aromatic rings. The van der Waals surface area contributed by atoms with Crippen molar-refractivity contribution < 1.29 is 9.53 Å². The molecule has 1 heterocycles. The molecule has 1 fully saturated rings. The van der Waals surface area contributed by atoms with Crippen LogP contribution >= 0.6 is 23.5 Å². The zero-order chi connectivity index (χ0) is 17.6. The number of amidine groups is 1. The maximum atomic E-state index is 12.1. The van der Waals surface area contributed by atoms with Crippen LogP contribution in [0, 0.1) is 0 Å². The molecule has 0 bridgehead atoms. The summed E-state index contributed by atoms with van der Waals surface area (Å²) in [6.07, 6.45) is 3.92. The maximum absolute atomic E-state index is 12.1. The average molecular weight is 370 g/mol. The summed E-state index contributed by atoms with van der Waals surface area (Å²) in [7, 11) is 0. The molecule has 0 aliphatic carbocycles. The summed E-state index contributed by atoms with van der Waals surface area (Å²) in [6.45, 7) is 2.58. The SMILES string of the molecule is CCOc1ccc(N=C2NC(=O)/C(=C\c3ccc(SC)cc3)S2)cc1.